The Kier molecular flexibility index (Phi) is 4.84. The van der Waals surface area contributed by atoms with Crippen molar-refractivity contribution in [3.05, 3.63) is 10.6 Å². The van der Waals surface area contributed by atoms with Crippen molar-refractivity contribution in [3.63, 3.8) is 0 Å². The monoisotopic (exact) mass is 303 g/mol. The molecule has 2 aliphatic carbocycles. The van der Waals surface area contributed by atoms with Crippen LogP contribution in [0, 0.1) is 17.3 Å². The van der Waals surface area contributed by atoms with E-state index in [2.05, 4.69) is 19.2 Å². The molecule has 0 heterocycles. The van der Waals surface area contributed by atoms with Crippen LogP contribution in [0.5, 0.6) is 0 Å². The van der Waals surface area contributed by atoms with Crippen molar-refractivity contribution in [3.8, 4) is 0 Å². The van der Waals surface area contributed by atoms with Gasteiger partial charge in [0, 0.05) is 6.04 Å². The van der Waals surface area contributed by atoms with E-state index in [1.807, 2.05) is 0 Å². The molecular formula is C15H23Cl2NO. The number of hydrogen-bond donors (Lipinski definition) is 1. The Bertz CT molecular complexity index is 366. The highest BCUT2D eigenvalue weighted by Gasteiger charge is 2.60. The zero-order chi connectivity index (χ0) is 14.0. The summed E-state index contributed by atoms with van der Waals surface area (Å²) >= 11 is 11.4. The van der Waals surface area contributed by atoms with Gasteiger partial charge in [-0.3, -0.25) is 4.79 Å². The van der Waals surface area contributed by atoms with Crippen molar-refractivity contribution in [2.24, 2.45) is 17.3 Å². The van der Waals surface area contributed by atoms with Gasteiger partial charge in [-0.2, -0.15) is 0 Å². The topological polar surface area (TPSA) is 29.1 Å². The van der Waals surface area contributed by atoms with E-state index < -0.39 is 0 Å². The highest BCUT2D eigenvalue weighted by Crippen LogP contribution is 2.59. The van der Waals surface area contributed by atoms with Crippen LogP contribution < -0.4 is 5.32 Å². The molecule has 108 valence electrons. The lowest BCUT2D eigenvalue weighted by molar-refractivity contribution is -0.123. The first-order valence-corrected chi connectivity index (χ1v) is 8.01. The maximum absolute atomic E-state index is 12.4. The minimum Gasteiger partial charge on any atom is -0.353 e. The van der Waals surface area contributed by atoms with Crippen LogP contribution in [0.1, 0.15) is 52.4 Å². The van der Waals surface area contributed by atoms with Gasteiger partial charge in [0.15, 0.2) is 0 Å². The van der Waals surface area contributed by atoms with Crippen molar-refractivity contribution in [1.82, 2.24) is 5.32 Å². The molecule has 0 aromatic carbocycles. The number of allylic oxidation sites excluding steroid dienone is 1. The van der Waals surface area contributed by atoms with Gasteiger partial charge in [-0.15, -0.1) is 0 Å². The van der Waals surface area contributed by atoms with Gasteiger partial charge in [-0.05, 0) is 30.3 Å². The second-order valence-electron chi connectivity index (χ2n) is 6.48. The number of nitrogens with one attached hydrogen (secondary N) is 1. The molecule has 2 rings (SSSR count). The lowest BCUT2D eigenvalue weighted by Gasteiger charge is -2.16. The summed E-state index contributed by atoms with van der Waals surface area (Å²) in [6.45, 7) is 4.20. The molecular weight excluding hydrogens is 281 g/mol. The molecule has 0 aliphatic heterocycles. The van der Waals surface area contributed by atoms with Gasteiger partial charge < -0.3 is 5.32 Å². The number of carbonyl (C=O) groups is 1. The van der Waals surface area contributed by atoms with E-state index in [1.165, 1.54) is 25.7 Å². The summed E-state index contributed by atoms with van der Waals surface area (Å²) in [6, 6.07) is 0.363. The van der Waals surface area contributed by atoms with Crippen molar-refractivity contribution >= 4 is 29.1 Å². The number of hydrogen-bond acceptors (Lipinski definition) is 1. The van der Waals surface area contributed by atoms with Gasteiger partial charge >= 0.3 is 0 Å². The second kappa shape index (κ2) is 6.05. The van der Waals surface area contributed by atoms with Crippen molar-refractivity contribution in [1.29, 1.82) is 0 Å². The molecule has 4 heteroatoms. The fraction of sp³-hybridized carbons (Fsp3) is 0.800. The molecule has 0 saturated heterocycles. The third kappa shape index (κ3) is 3.66. The number of rotatable bonds is 3. The normalized spacial score (nSPS) is 30.3. The van der Waals surface area contributed by atoms with E-state index in [4.69, 9.17) is 23.2 Å². The van der Waals surface area contributed by atoms with E-state index in [-0.39, 0.29) is 27.6 Å². The Hall–Kier alpha value is -0.210. The van der Waals surface area contributed by atoms with Gasteiger partial charge in [0.25, 0.3) is 0 Å². The summed E-state index contributed by atoms with van der Waals surface area (Å²) in [6.07, 6.45) is 9.11. The minimum absolute atomic E-state index is 0.0169. The third-order valence-electron chi connectivity index (χ3n) is 4.70. The zero-order valence-corrected chi connectivity index (χ0v) is 13.2. The molecule has 2 nitrogen and oxygen atoms in total. The minimum atomic E-state index is -0.0240. The number of amides is 1. The maximum Gasteiger partial charge on any atom is 0.224 e. The van der Waals surface area contributed by atoms with E-state index in [1.54, 1.807) is 6.08 Å². The quantitative estimate of drug-likeness (QED) is 0.768. The molecule has 2 atom stereocenters. The average Bonchev–Trinajstić information content (AvgIpc) is 2.92. The SMILES string of the molecule is CC1(C)[C@H](C(=O)NC2CCCCCC2)[C@@H]1C=C(Cl)Cl. The average molecular weight is 304 g/mol. The van der Waals surface area contributed by atoms with Crippen LogP contribution in [0.4, 0.5) is 0 Å². The molecule has 0 aromatic rings. The van der Waals surface area contributed by atoms with E-state index in [0.29, 0.717) is 6.04 Å². The number of carbonyl (C=O) groups excluding carboxylic acids is 1. The first kappa shape index (κ1) is 15.2. The van der Waals surface area contributed by atoms with Gasteiger partial charge in [0.2, 0.25) is 5.91 Å². The molecule has 2 saturated carbocycles. The van der Waals surface area contributed by atoms with Crippen LogP contribution >= 0.6 is 23.2 Å². The second-order valence-corrected chi connectivity index (χ2v) is 7.49. The van der Waals surface area contributed by atoms with Crippen molar-refractivity contribution in [2.45, 2.75) is 58.4 Å². The van der Waals surface area contributed by atoms with Gasteiger partial charge in [0.1, 0.15) is 4.49 Å². The fourth-order valence-corrected chi connectivity index (χ4v) is 3.61. The molecule has 0 spiro atoms. The Labute approximate surface area is 125 Å². The first-order valence-electron chi connectivity index (χ1n) is 7.26. The summed E-state index contributed by atoms with van der Waals surface area (Å²) in [4.78, 5) is 12.4. The van der Waals surface area contributed by atoms with E-state index in [0.717, 1.165) is 12.8 Å². The smallest absolute Gasteiger partial charge is 0.224 e. The summed E-state index contributed by atoms with van der Waals surface area (Å²) in [5, 5.41) is 3.23. The highest BCUT2D eigenvalue weighted by atomic mass is 35.5. The predicted molar refractivity (Wildman–Crippen MR) is 80.2 cm³/mol. The van der Waals surface area contributed by atoms with Crippen molar-refractivity contribution in [2.75, 3.05) is 0 Å². The van der Waals surface area contributed by atoms with Crippen molar-refractivity contribution < 1.29 is 4.79 Å². The van der Waals surface area contributed by atoms with Gasteiger partial charge in [0.05, 0.1) is 5.92 Å². The maximum atomic E-state index is 12.4. The van der Waals surface area contributed by atoms with Crippen LogP contribution in [0.3, 0.4) is 0 Å². The molecule has 2 aliphatic rings. The molecule has 2 fully saturated rings. The molecule has 0 radical (unpaired) electrons. The standard InChI is InChI=1S/C15H23Cl2NO/c1-15(2)11(9-12(16)17)13(15)14(19)18-10-7-5-3-4-6-8-10/h9-11,13H,3-8H2,1-2H3,(H,18,19)/t11-,13-/m0/s1. The van der Waals surface area contributed by atoms with Gasteiger partial charge in [-0.1, -0.05) is 62.7 Å². The van der Waals surface area contributed by atoms with Gasteiger partial charge in [-0.25, -0.2) is 0 Å². The summed E-state index contributed by atoms with van der Waals surface area (Å²) in [5.74, 6) is 0.360. The van der Waals surface area contributed by atoms with E-state index >= 15 is 0 Å². The summed E-state index contributed by atoms with van der Waals surface area (Å²) < 4.78 is 0.267. The highest BCUT2D eigenvalue weighted by molar-refractivity contribution is 6.55. The van der Waals surface area contributed by atoms with Crippen LogP contribution in [-0.2, 0) is 4.79 Å². The summed E-state index contributed by atoms with van der Waals surface area (Å²) in [5.41, 5.74) is -0.0240. The lowest BCUT2D eigenvalue weighted by atomic mass is 10.1. The van der Waals surface area contributed by atoms with Crippen LogP contribution in [0.2, 0.25) is 0 Å². The number of halogens is 2. The zero-order valence-electron chi connectivity index (χ0n) is 11.7. The molecule has 0 unspecified atom stereocenters. The van der Waals surface area contributed by atoms with Crippen LogP contribution in [-0.4, -0.2) is 11.9 Å². The predicted octanol–water partition coefficient (Wildman–Crippen LogP) is 4.42. The molecule has 1 N–H and O–H groups in total. The third-order valence-corrected chi connectivity index (χ3v) is 4.95. The molecule has 19 heavy (non-hydrogen) atoms. The molecule has 0 bridgehead atoms. The largest absolute Gasteiger partial charge is 0.353 e. The lowest BCUT2D eigenvalue weighted by Crippen LogP contribution is -2.36. The Morgan fingerprint density at radius 1 is 1.16 bits per heavy atom. The van der Waals surface area contributed by atoms with Crippen LogP contribution in [0.25, 0.3) is 0 Å². The van der Waals surface area contributed by atoms with E-state index in [9.17, 15) is 4.79 Å². The molecule has 1 amide bonds. The molecule has 0 aromatic heterocycles. The fourth-order valence-electron chi connectivity index (χ4n) is 3.34. The summed E-state index contributed by atoms with van der Waals surface area (Å²) in [7, 11) is 0. The Balaban J connectivity index is 1.91. The Morgan fingerprint density at radius 2 is 1.74 bits per heavy atom. The first-order chi connectivity index (χ1) is 8.93. The van der Waals surface area contributed by atoms with Crippen LogP contribution in [0.15, 0.2) is 10.6 Å². The Morgan fingerprint density at radius 3 is 2.26 bits per heavy atom.